The molecule has 1 nitrogen and oxygen atoms in total. The Morgan fingerprint density at radius 1 is 2.00 bits per heavy atom. The molecular formula is C2H7NS. The molecule has 4 heavy (non-hydrogen) atoms. The minimum absolute atomic E-state index is 0.873. The molecule has 0 atom stereocenters. The molecule has 0 saturated heterocycles. The van der Waals surface area contributed by atoms with E-state index in [1.165, 1.54) is 0 Å². The summed E-state index contributed by atoms with van der Waals surface area (Å²) in [5.74, 6) is 0. The molecule has 0 aliphatic heterocycles. The summed E-state index contributed by atoms with van der Waals surface area (Å²) in [5.41, 5.74) is 0. The van der Waals surface area contributed by atoms with Gasteiger partial charge in [0.05, 0.1) is 0 Å². The second-order valence-corrected chi connectivity index (χ2v) is 1.22. The van der Waals surface area contributed by atoms with Gasteiger partial charge in [-0.2, -0.15) is 0 Å². The van der Waals surface area contributed by atoms with Gasteiger partial charge in [-0.05, 0) is 6.92 Å². The van der Waals surface area contributed by atoms with Gasteiger partial charge in [-0.15, -0.1) is 11.5 Å². The maximum atomic E-state index is 4.94. The fraction of sp³-hybridized carbons (Fsp3) is 0.500. The van der Waals surface area contributed by atoms with E-state index in [0.717, 1.165) is 11.5 Å². The third-order valence-electron chi connectivity index (χ3n) is 0.149. The van der Waals surface area contributed by atoms with Gasteiger partial charge >= 0.3 is 0 Å². The molecule has 0 bridgehead atoms. The van der Waals surface area contributed by atoms with Gasteiger partial charge in [-0.25, -0.2) is 0 Å². The van der Waals surface area contributed by atoms with Gasteiger partial charge < -0.3 is 0 Å². The monoisotopic (exact) mass is 77.0 g/mol. The van der Waals surface area contributed by atoms with Crippen LogP contribution >= 0.6 is 11.5 Å². The Kier molecular flexibility index (Phi) is 3.32. The first-order valence-corrected chi connectivity index (χ1v) is 2.13. The van der Waals surface area contributed by atoms with Crippen molar-refractivity contribution in [2.45, 2.75) is 6.92 Å². The summed E-state index contributed by atoms with van der Waals surface area (Å²) >= 11 is 0.873. The largest absolute Gasteiger partial charge is 0.286 e. The van der Waals surface area contributed by atoms with Crippen LogP contribution in [0.15, 0.2) is 0 Å². The molecule has 2 N–H and O–H groups in total. The summed E-state index contributed by atoms with van der Waals surface area (Å²) in [5, 5.41) is 6.82. The first-order valence-electron chi connectivity index (χ1n) is 1.09. The molecule has 0 rings (SSSR count). The van der Waals surface area contributed by atoms with Gasteiger partial charge in [0.15, 0.2) is 0 Å². The molecule has 0 aromatic heterocycles. The lowest BCUT2D eigenvalue weighted by molar-refractivity contribution is 2.06. The molecular weight excluding hydrogens is 70.1 g/mol. The second-order valence-electron chi connectivity index (χ2n) is 0.407. The SMILES string of the molecule is CC=[SH]N. The summed E-state index contributed by atoms with van der Waals surface area (Å²) in [6.07, 6.45) is 0. The number of thiol groups is 1. The van der Waals surface area contributed by atoms with Crippen LogP contribution in [0.4, 0.5) is 0 Å². The average molecular weight is 77.2 g/mol. The highest BCUT2D eigenvalue weighted by atomic mass is 32.1. The Bertz CT molecular complexity index is 21.2. The summed E-state index contributed by atoms with van der Waals surface area (Å²) in [4.78, 5) is 0. The molecule has 0 aliphatic rings. The highest BCUT2D eigenvalue weighted by Gasteiger charge is 1.30. The lowest BCUT2D eigenvalue weighted by atomic mass is 11.0. The van der Waals surface area contributed by atoms with Gasteiger partial charge in [-0.1, -0.05) is 5.37 Å². The Hall–Kier alpha value is 0.180. The zero-order valence-electron chi connectivity index (χ0n) is 2.60. The van der Waals surface area contributed by atoms with Gasteiger partial charge in [0.2, 0.25) is 0 Å². The zero-order valence-corrected chi connectivity index (χ0v) is 3.50. The van der Waals surface area contributed by atoms with Crippen molar-refractivity contribution in [2.75, 3.05) is 0 Å². The van der Waals surface area contributed by atoms with Crippen LogP contribution in [-0.4, -0.2) is 5.37 Å². The van der Waals surface area contributed by atoms with Gasteiger partial charge in [0.25, 0.3) is 0 Å². The maximum Gasteiger partial charge on any atom is -0.0405 e. The third kappa shape index (κ3) is 2.18. The molecule has 0 aromatic rings. The minimum atomic E-state index is 0.873. The van der Waals surface area contributed by atoms with Crippen LogP contribution in [0.3, 0.4) is 0 Å². The summed E-state index contributed by atoms with van der Waals surface area (Å²) in [6.45, 7) is 1.92. The average Bonchev–Trinajstić information content (AvgIpc) is 1.37. The smallest absolute Gasteiger partial charge is 0.0405 e. The van der Waals surface area contributed by atoms with Crippen LogP contribution in [0.1, 0.15) is 6.92 Å². The molecule has 0 aromatic carbocycles. The fourth-order valence-corrected chi connectivity index (χ4v) is 0. The number of hydrogen-bond donors (Lipinski definition) is 2. The quantitative estimate of drug-likeness (QED) is 0.312. The van der Waals surface area contributed by atoms with Crippen LogP contribution in [0, 0.1) is 0 Å². The van der Waals surface area contributed by atoms with E-state index >= 15 is 0 Å². The maximum absolute atomic E-state index is 4.94. The number of rotatable bonds is 0. The predicted molar refractivity (Wildman–Crippen MR) is 24.9 cm³/mol. The van der Waals surface area contributed by atoms with Crippen LogP contribution in [-0.2, 0) is 0 Å². The van der Waals surface area contributed by atoms with Crippen molar-refractivity contribution in [3.05, 3.63) is 0 Å². The van der Waals surface area contributed by atoms with Gasteiger partial charge in [-0.3, -0.25) is 5.14 Å². The topological polar surface area (TPSA) is 26.0 Å². The van der Waals surface area contributed by atoms with Crippen molar-refractivity contribution in [3.63, 3.8) is 0 Å². The van der Waals surface area contributed by atoms with Crippen LogP contribution in [0.2, 0.25) is 0 Å². The lowest BCUT2D eigenvalue weighted by Gasteiger charge is -1.54. The molecule has 2 heteroatoms. The Morgan fingerprint density at radius 2 is 2.25 bits per heavy atom. The van der Waals surface area contributed by atoms with E-state index in [0.29, 0.717) is 0 Å². The molecule has 0 spiro atoms. The Morgan fingerprint density at radius 3 is 2.25 bits per heavy atom. The van der Waals surface area contributed by atoms with Crippen molar-refractivity contribution in [1.29, 1.82) is 0 Å². The molecule has 0 heterocycles. The van der Waals surface area contributed by atoms with E-state index in [1.807, 2.05) is 12.3 Å². The van der Waals surface area contributed by atoms with E-state index in [9.17, 15) is 0 Å². The van der Waals surface area contributed by atoms with Gasteiger partial charge in [0.1, 0.15) is 0 Å². The van der Waals surface area contributed by atoms with Crippen molar-refractivity contribution in [3.8, 4) is 0 Å². The second kappa shape index (κ2) is 3.18. The van der Waals surface area contributed by atoms with Crippen LogP contribution in [0.5, 0.6) is 0 Å². The van der Waals surface area contributed by atoms with E-state index in [1.54, 1.807) is 0 Å². The molecule has 0 aliphatic carbocycles. The van der Waals surface area contributed by atoms with E-state index in [-0.39, 0.29) is 0 Å². The molecule has 0 saturated carbocycles. The molecule has 0 fully saturated rings. The van der Waals surface area contributed by atoms with E-state index in [4.69, 9.17) is 5.14 Å². The molecule has 0 radical (unpaired) electrons. The fourth-order valence-electron chi connectivity index (χ4n) is 0. The van der Waals surface area contributed by atoms with E-state index < -0.39 is 0 Å². The normalized spacial score (nSPS) is 11.5. The summed E-state index contributed by atoms with van der Waals surface area (Å²) in [7, 11) is 0. The van der Waals surface area contributed by atoms with Crippen molar-refractivity contribution < 1.29 is 0 Å². The van der Waals surface area contributed by atoms with Crippen LogP contribution < -0.4 is 5.14 Å². The van der Waals surface area contributed by atoms with Crippen molar-refractivity contribution in [1.82, 2.24) is 0 Å². The first-order chi connectivity index (χ1) is 1.91. The van der Waals surface area contributed by atoms with E-state index in [2.05, 4.69) is 0 Å². The molecule has 26 valence electrons. The molecule has 0 unspecified atom stereocenters. The predicted octanol–water partition coefficient (Wildman–Crippen LogP) is 0.148. The highest BCUT2D eigenvalue weighted by Crippen LogP contribution is 1.51. The Balaban J connectivity index is 2.55. The number of hydrogen-bond acceptors (Lipinski definition) is 1. The molecule has 0 amide bonds. The van der Waals surface area contributed by atoms with Gasteiger partial charge in [0, 0.05) is 0 Å². The Labute approximate surface area is 29.9 Å². The minimum Gasteiger partial charge on any atom is -0.286 e. The third-order valence-corrected chi connectivity index (χ3v) is 0.447. The summed E-state index contributed by atoms with van der Waals surface area (Å²) < 4.78 is 0. The first kappa shape index (κ1) is 4.18. The van der Waals surface area contributed by atoms with Crippen molar-refractivity contribution >= 4 is 16.9 Å². The van der Waals surface area contributed by atoms with Crippen LogP contribution in [0.25, 0.3) is 0 Å². The zero-order chi connectivity index (χ0) is 3.41. The summed E-state index contributed by atoms with van der Waals surface area (Å²) in [6, 6.07) is 0. The standard InChI is InChI=1S/C2H7NS/c1-2-4-3/h2,4H,3H2,1H3. The van der Waals surface area contributed by atoms with Crippen molar-refractivity contribution in [2.24, 2.45) is 5.14 Å². The number of nitrogens with two attached hydrogens (primary N) is 1. The highest BCUT2D eigenvalue weighted by molar-refractivity contribution is 7.95. The lowest BCUT2D eigenvalue weighted by Crippen LogP contribution is -1.63.